The van der Waals surface area contributed by atoms with Gasteiger partial charge in [0.05, 0.1) is 21.3 Å². The second-order valence-corrected chi connectivity index (χ2v) is 9.32. The first kappa shape index (κ1) is 25.7. The molecule has 0 amide bonds. The fraction of sp³-hybridized carbons (Fsp3) is 0.556. The topological polar surface area (TPSA) is 65.7 Å². The summed E-state index contributed by atoms with van der Waals surface area (Å²) in [5.41, 5.74) is 10.4. The van der Waals surface area contributed by atoms with Crippen LogP contribution in [-0.2, 0) is 12.8 Å². The van der Waals surface area contributed by atoms with Crippen LogP contribution in [0.2, 0.25) is 5.02 Å². The van der Waals surface area contributed by atoms with Crippen LogP contribution >= 0.6 is 11.6 Å². The monoisotopic (exact) mass is 474 g/mol. The van der Waals surface area contributed by atoms with Gasteiger partial charge in [0, 0.05) is 16.6 Å². The minimum absolute atomic E-state index is 0.224. The van der Waals surface area contributed by atoms with Crippen LogP contribution in [0.3, 0.4) is 0 Å². The van der Waals surface area contributed by atoms with Crippen LogP contribution in [0, 0.1) is 0 Å². The van der Waals surface area contributed by atoms with Gasteiger partial charge in [-0.05, 0) is 86.5 Å². The molecule has 2 aromatic rings. The van der Waals surface area contributed by atoms with Gasteiger partial charge in [-0.15, -0.1) is 0 Å². The summed E-state index contributed by atoms with van der Waals surface area (Å²) in [5, 5.41) is 4.27. The van der Waals surface area contributed by atoms with E-state index in [9.17, 15) is 0 Å². The first-order chi connectivity index (χ1) is 16.1. The van der Waals surface area contributed by atoms with Crippen molar-refractivity contribution in [2.24, 2.45) is 5.73 Å². The molecule has 1 aliphatic rings. The first-order valence-electron chi connectivity index (χ1n) is 12.1. The van der Waals surface area contributed by atoms with E-state index in [0.717, 1.165) is 61.0 Å². The predicted octanol–water partition coefficient (Wildman–Crippen LogP) is 5.51. The maximum Gasteiger partial charge on any atom is 0.164 e. The lowest BCUT2D eigenvalue weighted by molar-refractivity contribution is 0.343. The van der Waals surface area contributed by atoms with Crippen molar-refractivity contribution < 1.29 is 14.2 Å². The highest BCUT2D eigenvalue weighted by Crippen LogP contribution is 2.43. The van der Waals surface area contributed by atoms with Crippen LogP contribution in [0.25, 0.3) is 0 Å². The molecule has 5 nitrogen and oxygen atoms in total. The third kappa shape index (κ3) is 7.02. The number of nitrogens with one attached hydrogen (secondary N) is 1. The van der Waals surface area contributed by atoms with Gasteiger partial charge >= 0.3 is 0 Å². The van der Waals surface area contributed by atoms with Crippen molar-refractivity contribution >= 4 is 11.6 Å². The second-order valence-electron chi connectivity index (χ2n) is 8.88. The molecule has 0 fully saturated rings. The highest BCUT2D eigenvalue weighted by Gasteiger charge is 2.29. The zero-order valence-corrected chi connectivity index (χ0v) is 21.0. The minimum Gasteiger partial charge on any atom is -0.497 e. The maximum absolute atomic E-state index is 6.53. The van der Waals surface area contributed by atoms with E-state index in [1.165, 1.54) is 42.4 Å². The van der Waals surface area contributed by atoms with Crippen LogP contribution in [0.1, 0.15) is 61.1 Å². The van der Waals surface area contributed by atoms with Crippen LogP contribution in [-0.4, -0.2) is 40.5 Å². The molecule has 33 heavy (non-hydrogen) atoms. The van der Waals surface area contributed by atoms with E-state index >= 15 is 0 Å². The van der Waals surface area contributed by atoms with Crippen LogP contribution < -0.4 is 25.3 Å². The summed E-state index contributed by atoms with van der Waals surface area (Å²) in [6.45, 7) is 1.99. The molecule has 3 rings (SSSR count). The van der Waals surface area contributed by atoms with Gasteiger partial charge in [0.1, 0.15) is 5.75 Å². The fourth-order valence-electron chi connectivity index (χ4n) is 4.93. The Kier molecular flexibility index (Phi) is 10.2. The zero-order valence-electron chi connectivity index (χ0n) is 20.3. The summed E-state index contributed by atoms with van der Waals surface area (Å²) >= 11 is 6.14. The zero-order chi connectivity index (χ0) is 23.6. The number of unbranched alkanes of at least 4 members (excludes halogenated alkanes) is 3. The van der Waals surface area contributed by atoms with Gasteiger partial charge in [-0.2, -0.15) is 0 Å². The number of hydrogen-bond donors (Lipinski definition) is 2. The van der Waals surface area contributed by atoms with Crippen molar-refractivity contribution in [2.45, 2.75) is 63.3 Å². The molecule has 0 heterocycles. The van der Waals surface area contributed by atoms with Crippen LogP contribution in [0.5, 0.6) is 17.2 Å². The molecular weight excluding hydrogens is 436 g/mol. The Labute approximate surface area is 203 Å². The Morgan fingerprint density at radius 1 is 0.970 bits per heavy atom. The molecule has 0 saturated heterocycles. The van der Waals surface area contributed by atoms with Gasteiger partial charge in [0.15, 0.2) is 11.5 Å². The number of methoxy groups -OCH3 is 3. The molecule has 0 spiro atoms. The van der Waals surface area contributed by atoms with Crippen molar-refractivity contribution in [1.82, 2.24) is 5.32 Å². The predicted molar refractivity (Wildman–Crippen MR) is 136 cm³/mol. The van der Waals surface area contributed by atoms with Crippen molar-refractivity contribution in [3.8, 4) is 17.2 Å². The maximum atomic E-state index is 6.53. The molecule has 0 bridgehead atoms. The SMILES string of the molecule is COc1cc(Cl)cc(CCNCCCCCCC2c3ccc(OC)c(OC)c3CCC2N)c1. The smallest absolute Gasteiger partial charge is 0.164 e. The lowest BCUT2D eigenvalue weighted by Crippen LogP contribution is -2.33. The number of halogens is 1. The van der Waals surface area contributed by atoms with E-state index < -0.39 is 0 Å². The quantitative estimate of drug-likeness (QED) is 0.375. The number of benzene rings is 2. The van der Waals surface area contributed by atoms with Gasteiger partial charge in [-0.3, -0.25) is 0 Å². The molecule has 0 aromatic heterocycles. The molecule has 6 heteroatoms. The van der Waals surface area contributed by atoms with E-state index in [1.807, 2.05) is 24.3 Å². The summed E-state index contributed by atoms with van der Waals surface area (Å²) in [6, 6.07) is 10.3. The summed E-state index contributed by atoms with van der Waals surface area (Å²) in [7, 11) is 5.09. The highest BCUT2D eigenvalue weighted by atomic mass is 35.5. The molecule has 182 valence electrons. The van der Waals surface area contributed by atoms with Crippen LogP contribution in [0.4, 0.5) is 0 Å². The molecule has 0 aliphatic heterocycles. The van der Waals surface area contributed by atoms with Gasteiger partial charge in [0.2, 0.25) is 0 Å². The Balaban J connectivity index is 1.36. The first-order valence-corrected chi connectivity index (χ1v) is 12.5. The van der Waals surface area contributed by atoms with E-state index in [4.69, 9.17) is 31.5 Å². The van der Waals surface area contributed by atoms with Crippen molar-refractivity contribution in [1.29, 1.82) is 0 Å². The standard InChI is InChI=1S/C27H39ClN2O3/c1-31-21-17-19(16-20(28)18-21)13-15-30-14-7-5-4-6-8-23-22-10-12-26(32-2)27(33-3)24(22)9-11-25(23)29/h10,12,16-18,23,25,30H,4-9,11,13-15,29H2,1-3H3. The Hall–Kier alpha value is -1.95. The van der Waals surface area contributed by atoms with Crippen molar-refractivity contribution in [3.05, 3.63) is 52.0 Å². The second kappa shape index (κ2) is 13.1. The van der Waals surface area contributed by atoms with Crippen molar-refractivity contribution in [3.63, 3.8) is 0 Å². The Morgan fingerprint density at radius 3 is 2.55 bits per heavy atom. The van der Waals surface area contributed by atoms with Gasteiger partial charge in [-0.25, -0.2) is 0 Å². The molecule has 0 saturated carbocycles. The summed E-state index contributed by atoms with van der Waals surface area (Å²) in [6.07, 6.45) is 8.91. The summed E-state index contributed by atoms with van der Waals surface area (Å²) in [5.74, 6) is 2.92. The molecule has 3 N–H and O–H groups in total. The molecule has 2 aromatic carbocycles. The molecule has 2 atom stereocenters. The average molecular weight is 475 g/mol. The van der Waals surface area contributed by atoms with E-state index in [-0.39, 0.29) is 6.04 Å². The van der Waals surface area contributed by atoms with Gasteiger partial charge < -0.3 is 25.3 Å². The lowest BCUT2D eigenvalue weighted by atomic mass is 9.76. The fourth-order valence-corrected chi connectivity index (χ4v) is 5.18. The van der Waals surface area contributed by atoms with Gasteiger partial charge in [-0.1, -0.05) is 36.9 Å². The number of ether oxygens (including phenoxy) is 3. The summed E-state index contributed by atoms with van der Waals surface area (Å²) in [4.78, 5) is 0. The third-order valence-electron chi connectivity index (χ3n) is 6.70. The third-order valence-corrected chi connectivity index (χ3v) is 6.92. The average Bonchev–Trinajstić information content (AvgIpc) is 2.82. The Morgan fingerprint density at radius 2 is 1.79 bits per heavy atom. The molecular formula is C27H39ClN2O3. The van der Waals surface area contributed by atoms with E-state index in [2.05, 4.69) is 11.4 Å². The lowest BCUT2D eigenvalue weighted by Gasteiger charge is -2.32. The number of hydrogen-bond acceptors (Lipinski definition) is 5. The van der Waals surface area contributed by atoms with Crippen molar-refractivity contribution in [2.75, 3.05) is 34.4 Å². The van der Waals surface area contributed by atoms with Gasteiger partial charge in [0.25, 0.3) is 0 Å². The largest absolute Gasteiger partial charge is 0.497 e. The number of fused-ring (bicyclic) bond motifs is 1. The molecule has 0 radical (unpaired) electrons. The Bertz CT molecular complexity index is 890. The highest BCUT2D eigenvalue weighted by molar-refractivity contribution is 6.30. The number of nitrogens with two attached hydrogens (primary N) is 1. The van der Waals surface area contributed by atoms with E-state index in [1.54, 1.807) is 21.3 Å². The van der Waals surface area contributed by atoms with Crippen LogP contribution in [0.15, 0.2) is 30.3 Å². The normalized spacial score (nSPS) is 17.5. The molecule has 1 aliphatic carbocycles. The molecule has 2 unspecified atom stereocenters. The minimum atomic E-state index is 0.224. The van der Waals surface area contributed by atoms with E-state index in [0.29, 0.717) is 5.92 Å². The summed E-state index contributed by atoms with van der Waals surface area (Å²) < 4.78 is 16.4. The number of rotatable bonds is 13.